The quantitative estimate of drug-likeness (QED) is 0.700. The van der Waals surface area contributed by atoms with E-state index in [-0.39, 0.29) is 6.04 Å². The molecule has 1 aliphatic rings. The van der Waals surface area contributed by atoms with Crippen LogP contribution >= 0.6 is 0 Å². The predicted octanol–water partition coefficient (Wildman–Crippen LogP) is 1.24. The van der Waals surface area contributed by atoms with Crippen LogP contribution in [-0.2, 0) is 4.79 Å². The van der Waals surface area contributed by atoms with Gasteiger partial charge in [-0.3, -0.25) is 9.69 Å². The number of Topliss-reactive ketones (excluding diaryl/α,β-unsaturated/α-hetero) is 1. The second kappa shape index (κ2) is 5.61. The van der Waals surface area contributed by atoms with Gasteiger partial charge in [-0.15, -0.1) is 0 Å². The van der Waals surface area contributed by atoms with Crippen LogP contribution in [0.4, 0.5) is 0 Å². The van der Waals surface area contributed by atoms with E-state index in [1.165, 1.54) is 0 Å². The van der Waals surface area contributed by atoms with E-state index in [2.05, 4.69) is 37.6 Å². The molecule has 0 bridgehead atoms. The van der Waals surface area contributed by atoms with Gasteiger partial charge in [0, 0.05) is 32.6 Å². The first-order valence-electron chi connectivity index (χ1n) is 5.96. The van der Waals surface area contributed by atoms with Gasteiger partial charge in [0.05, 0.1) is 6.04 Å². The Balaban J connectivity index is 2.39. The fourth-order valence-corrected chi connectivity index (χ4v) is 1.99. The normalized spacial score (nSPS) is 21.9. The summed E-state index contributed by atoms with van der Waals surface area (Å²) in [6.07, 6.45) is 0.716. The molecule has 15 heavy (non-hydrogen) atoms. The topological polar surface area (TPSA) is 23.6 Å². The number of carbonyl (C=O) groups excluding carboxylic acids is 1. The first-order valence-corrected chi connectivity index (χ1v) is 5.96. The Morgan fingerprint density at radius 1 is 1.13 bits per heavy atom. The van der Waals surface area contributed by atoms with Crippen LogP contribution in [0.15, 0.2) is 0 Å². The second-order valence-corrected chi connectivity index (χ2v) is 5.08. The zero-order valence-corrected chi connectivity index (χ0v) is 10.5. The molecule has 3 nitrogen and oxygen atoms in total. The smallest absolute Gasteiger partial charge is 0.149 e. The van der Waals surface area contributed by atoms with E-state index < -0.39 is 0 Å². The van der Waals surface area contributed by atoms with Gasteiger partial charge in [0.1, 0.15) is 5.78 Å². The lowest BCUT2D eigenvalue weighted by atomic mass is 10.0. The van der Waals surface area contributed by atoms with E-state index in [4.69, 9.17) is 0 Å². The minimum atomic E-state index is 0.112. The van der Waals surface area contributed by atoms with E-state index in [0.29, 0.717) is 18.1 Å². The lowest BCUT2D eigenvalue weighted by molar-refractivity contribution is -0.125. The Morgan fingerprint density at radius 2 is 1.67 bits per heavy atom. The highest BCUT2D eigenvalue weighted by atomic mass is 16.1. The molecule has 0 amide bonds. The molecule has 1 aliphatic heterocycles. The Bertz CT molecular complexity index is 208. The van der Waals surface area contributed by atoms with Crippen molar-refractivity contribution in [1.29, 1.82) is 0 Å². The molecule has 88 valence electrons. The van der Waals surface area contributed by atoms with Gasteiger partial charge in [0.15, 0.2) is 0 Å². The number of rotatable bonds is 4. The van der Waals surface area contributed by atoms with Crippen molar-refractivity contribution in [3.63, 3.8) is 0 Å². The monoisotopic (exact) mass is 212 g/mol. The summed E-state index contributed by atoms with van der Waals surface area (Å²) in [5, 5.41) is 0. The summed E-state index contributed by atoms with van der Waals surface area (Å²) in [4.78, 5) is 16.5. The van der Waals surface area contributed by atoms with Gasteiger partial charge in [-0.05, 0) is 19.9 Å². The molecule has 3 heteroatoms. The predicted molar refractivity (Wildman–Crippen MR) is 63.0 cm³/mol. The number of hydrogen-bond donors (Lipinski definition) is 0. The molecule has 1 heterocycles. The van der Waals surface area contributed by atoms with Crippen LogP contribution in [0.5, 0.6) is 0 Å². The highest BCUT2D eigenvalue weighted by Gasteiger charge is 2.24. The number of ketones is 1. The number of piperazine rings is 1. The molecule has 0 unspecified atom stereocenters. The summed E-state index contributed by atoms with van der Waals surface area (Å²) in [6.45, 7) is 10.5. The summed E-state index contributed by atoms with van der Waals surface area (Å²) in [5.74, 6) is 0.877. The highest BCUT2D eigenvalue weighted by molar-refractivity contribution is 5.83. The number of carbonyl (C=O) groups is 1. The molecule has 1 saturated heterocycles. The molecule has 1 atom stereocenters. The Kier molecular flexibility index (Phi) is 4.74. The van der Waals surface area contributed by atoms with Crippen molar-refractivity contribution in [2.75, 3.05) is 33.2 Å². The molecular weight excluding hydrogens is 188 g/mol. The zero-order chi connectivity index (χ0) is 11.4. The minimum absolute atomic E-state index is 0.112. The van der Waals surface area contributed by atoms with E-state index in [1.54, 1.807) is 0 Å². The van der Waals surface area contributed by atoms with Crippen molar-refractivity contribution in [3.05, 3.63) is 0 Å². The van der Waals surface area contributed by atoms with Crippen molar-refractivity contribution in [1.82, 2.24) is 9.80 Å². The average Bonchev–Trinajstić information content (AvgIpc) is 2.17. The average molecular weight is 212 g/mol. The van der Waals surface area contributed by atoms with Crippen LogP contribution in [0.25, 0.3) is 0 Å². The van der Waals surface area contributed by atoms with Crippen LogP contribution in [-0.4, -0.2) is 54.9 Å². The summed E-state index contributed by atoms with van der Waals surface area (Å²) >= 11 is 0. The molecule has 0 spiro atoms. The highest BCUT2D eigenvalue weighted by Crippen LogP contribution is 2.10. The zero-order valence-electron chi connectivity index (χ0n) is 10.5. The van der Waals surface area contributed by atoms with Crippen LogP contribution in [0.1, 0.15) is 27.2 Å². The molecular formula is C12H24N2O. The lowest BCUT2D eigenvalue weighted by Gasteiger charge is -2.35. The van der Waals surface area contributed by atoms with E-state index >= 15 is 0 Å². The fourth-order valence-electron chi connectivity index (χ4n) is 1.99. The maximum absolute atomic E-state index is 11.9. The lowest BCUT2D eigenvalue weighted by Crippen LogP contribution is -2.50. The SMILES string of the molecule is CC(C)CC(=O)[C@H](C)N1CCN(C)CC1. The van der Waals surface area contributed by atoms with E-state index in [1.807, 2.05) is 0 Å². The molecule has 0 aromatic heterocycles. The molecule has 0 radical (unpaired) electrons. The van der Waals surface area contributed by atoms with Gasteiger partial charge in [-0.2, -0.15) is 0 Å². The van der Waals surface area contributed by atoms with Gasteiger partial charge in [-0.1, -0.05) is 13.8 Å². The third-order valence-electron chi connectivity index (χ3n) is 3.16. The van der Waals surface area contributed by atoms with Crippen LogP contribution in [0.3, 0.4) is 0 Å². The molecule has 1 fully saturated rings. The third kappa shape index (κ3) is 3.92. The molecule has 0 saturated carbocycles. The summed E-state index contributed by atoms with van der Waals surface area (Å²) in [5.41, 5.74) is 0. The van der Waals surface area contributed by atoms with Gasteiger partial charge < -0.3 is 4.90 Å². The molecule has 0 aromatic carbocycles. The van der Waals surface area contributed by atoms with Gasteiger partial charge in [0.2, 0.25) is 0 Å². The van der Waals surface area contributed by atoms with Crippen molar-refractivity contribution < 1.29 is 4.79 Å². The van der Waals surface area contributed by atoms with Gasteiger partial charge in [0.25, 0.3) is 0 Å². The third-order valence-corrected chi connectivity index (χ3v) is 3.16. The second-order valence-electron chi connectivity index (χ2n) is 5.08. The first-order chi connectivity index (χ1) is 7.00. The summed E-state index contributed by atoms with van der Waals surface area (Å²) < 4.78 is 0. The number of likely N-dealkylation sites (N-methyl/N-ethyl adjacent to an activating group) is 1. The summed E-state index contributed by atoms with van der Waals surface area (Å²) in [7, 11) is 2.14. The molecule has 0 aliphatic carbocycles. The largest absolute Gasteiger partial charge is 0.304 e. The van der Waals surface area contributed by atoms with E-state index in [9.17, 15) is 4.79 Å². The number of nitrogens with zero attached hydrogens (tertiary/aromatic N) is 2. The maximum Gasteiger partial charge on any atom is 0.149 e. The Labute approximate surface area is 93.4 Å². The number of hydrogen-bond acceptors (Lipinski definition) is 3. The van der Waals surface area contributed by atoms with Gasteiger partial charge in [-0.25, -0.2) is 0 Å². The standard InChI is InChI=1S/C12H24N2O/c1-10(2)9-12(15)11(3)14-7-5-13(4)6-8-14/h10-11H,5-9H2,1-4H3/t11-/m0/s1. The Hall–Kier alpha value is -0.410. The van der Waals surface area contributed by atoms with Crippen LogP contribution < -0.4 is 0 Å². The van der Waals surface area contributed by atoms with Crippen molar-refractivity contribution in [2.24, 2.45) is 5.92 Å². The Morgan fingerprint density at radius 3 is 2.13 bits per heavy atom. The molecule has 1 rings (SSSR count). The molecule has 0 aromatic rings. The van der Waals surface area contributed by atoms with Crippen LogP contribution in [0.2, 0.25) is 0 Å². The first kappa shape index (κ1) is 12.7. The fraction of sp³-hybridized carbons (Fsp3) is 0.917. The van der Waals surface area contributed by atoms with Crippen molar-refractivity contribution >= 4 is 5.78 Å². The van der Waals surface area contributed by atoms with Crippen LogP contribution in [0, 0.1) is 5.92 Å². The summed E-state index contributed by atoms with van der Waals surface area (Å²) in [6, 6.07) is 0.112. The van der Waals surface area contributed by atoms with Crippen molar-refractivity contribution in [2.45, 2.75) is 33.2 Å². The van der Waals surface area contributed by atoms with E-state index in [0.717, 1.165) is 26.2 Å². The van der Waals surface area contributed by atoms with Crippen molar-refractivity contribution in [3.8, 4) is 0 Å². The maximum atomic E-state index is 11.9. The molecule has 0 N–H and O–H groups in total. The minimum Gasteiger partial charge on any atom is -0.304 e. The van der Waals surface area contributed by atoms with Gasteiger partial charge >= 0.3 is 0 Å².